The Morgan fingerprint density at radius 2 is 2.12 bits per heavy atom. The largest absolute Gasteiger partial charge is 0.469 e. The predicted molar refractivity (Wildman–Crippen MR) is 105 cm³/mol. The molecule has 2 aliphatic rings. The quantitative estimate of drug-likeness (QED) is 0.652. The molecule has 26 heavy (non-hydrogen) atoms. The van der Waals surface area contributed by atoms with Crippen molar-refractivity contribution in [1.82, 2.24) is 4.98 Å². The van der Waals surface area contributed by atoms with Crippen molar-refractivity contribution in [2.45, 2.75) is 44.3 Å². The van der Waals surface area contributed by atoms with E-state index in [1.165, 1.54) is 12.7 Å². The number of nitrogens with zero attached hydrogens (tertiary/aromatic N) is 1. The SMILES string of the molecule is COC(=O)[C@H]1C[C@@H]1c1ccc(N[C@@H]2CCc3c2cccc3[Si](C)C)nc1. The first-order valence-corrected chi connectivity index (χ1v) is 11.8. The number of esters is 1. The predicted octanol–water partition coefficient (Wildman–Crippen LogP) is 3.42. The summed E-state index contributed by atoms with van der Waals surface area (Å²) in [5.41, 5.74) is 4.12. The number of pyridine rings is 1. The monoisotopic (exact) mass is 365 g/mol. The molecule has 0 aliphatic heterocycles. The van der Waals surface area contributed by atoms with Gasteiger partial charge in [0.05, 0.1) is 27.9 Å². The summed E-state index contributed by atoms with van der Waals surface area (Å²) in [6.07, 6.45) is 5.05. The summed E-state index contributed by atoms with van der Waals surface area (Å²) in [5, 5.41) is 5.18. The summed E-state index contributed by atoms with van der Waals surface area (Å²) < 4.78 is 4.83. The highest BCUT2D eigenvalue weighted by Crippen LogP contribution is 2.48. The molecule has 0 saturated heterocycles. The number of nitrogens with one attached hydrogen (secondary N) is 1. The molecule has 5 heteroatoms. The molecular formula is C21H25N2O2Si. The van der Waals surface area contributed by atoms with Gasteiger partial charge in [-0.3, -0.25) is 4.79 Å². The fraction of sp³-hybridized carbons (Fsp3) is 0.429. The van der Waals surface area contributed by atoms with Crippen LogP contribution in [0.25, 0.3) is 0 Å². The van der Waals surface area contributed by atoms with Crippen molar-refractivity contribution in [2.75, 3.05) is 12.4 Å². The van der Waals surface area contributed by atoms with E-state index in [-0.39, 0.29) is 17.8 Å². The van der Waals surface area contributed by atoms with Crippen molar-refractivity contribution >= 4 is 25.8 Å². The van der Waals surface area contributed by atoms with Gasteiger partial charge < -0.3 is 10.1 Å². The third-order valence-corrected chi connectivity index (χ3v) is 7.19. The van der Waals surface area contributed by atoms with Gasteiger partial charge >= 0.3 is 5.97 Å². The zero-order valence-corrected chi connectivity index (χ0v) is 16.6. The normalized spacial score (nSPS) is 23.6. The van der Waals surface area contributed by atoms with E-state index in [0.717, 1.165) is 30.6 Å². The molecule has 1 saturated carbocycles. The zero-order chi connectivity index (χ0) is 18.3. The van der Waals surface area contributed by atoms with Crippen LogP contribution in [0.5, 0.6) is 0 Å². The summed E-state index contributed by atoms with van der Waals surface area (Å²) in [4.78, 5) is 16.2. The second kappa shape index (κ2) is 6.87. The Bertz CT molecular complexity index is 819. The van der Waals surface area contributed by atoms with Gasteiger partial charge in [0, 0.05) is 6.20 Å². The topological polar surface area (TPSA) is 51.2 Å². The number of anilines is 1. The molecule has 4 nitrogen and oxygen atoms in total. The van der Waals surface area contributed by atoms with Crippen LogP contribution in [0.15, 0.2) is 36.5 Å². The van der Waals surface area contributed by atoms with E-state index in [0.29, 0.717) is 6.04 Å². The minimum absolute atomic E-state index is 0.0137. The lowest BCUT2D eigenvalue weighted by atomic mass is 10.1. The summed E-state index contributed by atoms with van der Waals surface area (Å²) in [6.45, 7) is 4.72. The van der Waals surface area contributed by atoms with E-state index in [9.17, 15) is 4.79 Å². The molecule has 2 aliphatic carbocycles. The Balaban J connectivity index is 1.45. The molecule has 0 bridgehead atoms. The van der Waals surface area contributed by atoms with Crippen LogP contribution in [-0.2, 0) is 16.0 Å². The fourth-order valence-electron chi connectivity index (χ4n) is 4.14. The van der Waals surface area contributed by atoms with Gasteiger partial charge in [-0.05, 0) is 47.9 Å². The van der Waals surface area contributed by atoms with Crippen molar-refractivity contribution < 1.29 is 9.53 Å². The fourth-order valence-corrected chi connectivity index (χ4v) is 5.44. The smallest absolute Gasteiger partial charge is 0.309 e. The van der Waals surface area contributed by atoms with Gasteiger partial charge in [0.2, 0.25) is 0 Å². The highest BCUT2D eigenvalue weighted by molar-refractivity contribution is 6.71. The van der Waals surface area contributed by atoms with Crippen molar-refractivity contribution in [3.8, 4) is 0 Å². The average Bonchev–Trinajstić information content (AvgIpc) is 3.36. The molecule has 135 valence electrons. The molecule has 0 spiro atoms. The number of hydrogen-bond acceptors (Lipinski definition) is 4. The number of rotatable bonds is 5. The molecule has 1 aromatic carbocycles. The Morgan fingerprint density at radius 1 is 1.27 bits per heavy atom. The molecule has 0 unspecified atom stereocenters. The molecule has 1 fully saturated rings. The van der Waals surface area contributed by atoms with Gasteiger partial charge in [0.25, 0.3) is 0 Å². The zero-order valence-electron chi connectivity index (χ0n) is 15.6. The molecule has 2 aromatic rings. The van der Waals surface area contributed by atoms with Crippen molar-refractivity contribution in [3.63, 3.8) is 0 Å². The van der Waals surface area contributed by atoms with Crippen molar-refractivity contribution in [1.29, 1.82) is 0 Å². The van der Waals surface area contributed by atoms with Gasteiger partial charge in [-0.1, -0.05) is 42.5 Å². The lowest BCUT2D eigenvalue weighted by Gasteiger charge is -2.16. The third kappa shape index (κ3) is 3.16. The van der Waals surface area contributed by atoms with Gasteiger partial charge in [-0.15, -0.1) is 0 Å². The molecule has 3 atom stereocenters. The average molecular weight is 366 g/mol. The maximum atomic E-state index is 11.6. The first kappa shape index (κ1) is 17.3. The van der Waals surface area contributed by atoms with Gasteiger partial charge in [-0.2, -0.15) is 0 Å². The molecule has 1 aromatic heterocycles. The third-order valence-electron chi connectivity index (χ3n) is 5.64. The van der Waals surface area contributed by atoms with Gasteiger partial charge in [-0.25, -0.2) is 4.98 Å². The van der Waals surface area contributed by atoms with E-state index in [2.05, 4.69) is 47.7 Å². The number of ether oxygens (including phenoxy) is 1. The van der Waals surface area contributed by atoms with Gasteiger partial charge in [0.1, 0.15) is 5.82 Å². The van der Waals surface area contributed by atoms with Crippen LogP contribution >= 0.6 is 0 Å². The van der Waals surface area contributed by atoms with E-state index in [1.807, 2.05) is 12.3 Å². The molecular weight excluding hydrogens is 340 g/mol. The van der Waals surface area contributed by atoms with Gasteiger partial charge in [0.15, 0.2) is 0 Å². The standard InChI is InChI=1S/C21H25N2O2Si/c1-25-21(24)17-11-16(17)13-7-10-20(22-12-13)23-18-9-8-15-14(18)5-4-6-19(15)26(2)3/h4-7,10,12,16-18H,8-9,11H2,1-3H3,(H,22,23)/t16-,17+,18-/m1/s1. The van der Waals surface area contributed by atoms with E-state index in [4.69, 9.17) is 4.74 Å². The number of methoxy groups -OCH3 is 1. The second-order valence-electron chi connectivity index (χ2n) is 7.56. The maximum Gasteiger partial charge on any atom is 0.309 e. The summed E-state index contributed by atoms with van der Waals surface area (Å²) in [7, 11) is 1.02. The summed E-state index contributed by atoms with van der Waals surface area (Å²) >= 11 is 0. The second-order valence-corrected chi connectivity index (χ2v) is 10.1. The lowest BCUT2D eigenvalue weighted by Crippen LogP contribution is -2.26. The molecule has 1 radical (unpaired) electrons. The van der Waals surface area contributed by atoms with E-state index < -0.39 is 8.80 Å². The number of carbonyl (C=O) groups is 1. The summed E-state index contributed by atoms with van der Waals surface area (Å²) in [5.74, 6) is 1.09. The van der Waals surface area contributed by atoms with Crippen molar-refractivity contribution in [3.05, 3.63) is 53.2 Å². The number of hydrogen-bond donors (Lipinski definition) is 1. The first-order valence-electron chi connectivity index (χ1n) is 9.31. The van der Waals surface area contributed by atoms with Crippen LogP contribution in [0.4, 0.5) is 5.82 Å². The van der Waals surface area contributed by atoms with Crippen LogP contribution in [0, 0.1) is 5.92 Å². The van der Waals surface area contributed by atoms with Crippen LogP contribution in [-0.4, -0.2) is 26.9 Å². The Labute approximate surface area is 156 Å². The van der Waals surface area contributed by atoms with Crippen LogP contribution < -0.4 is 10.5 Å². The Kier molecular flexibility index (Phi) is 4.57. The van der Waals surface area contributed by atoms with Crippen LogP contribution in [0.2, 0.25) is 13.1 Å². The minimum Gasteiger partial charge on any atom is -0.469 e. The Morgan fingerprint density at radius 3 is 2.81 bits per heavy atom. The van der Waals surface area contributed by atoms with Crippen molar-refractivity contribution in [2.24, 2.45) is 5.92 Å². The van der Waals surface area contributed by atoms with Crippen LogP contribution in [0.3, 0.4) is 0 Å². The lowest BCUT2D eigenvalue weighted by molar-refractivity contribution is -0.142. The molecule has 4 rings (SSSR count). The number of benzene rings is 1. The highest BCUT2D eigenvalue weighted by atomic mass is 28.3. The number of fused-ring (bicyclic) bond motifs is 1. The molecule has 0 amide bonds. The highest BCUT2D eigenvalue weighted by Gasteiger charge is 2.45. The number of carbonyl (C=O) groups excluding carboxylic acids is 1. The number of aromatic nitrogens is 1. The van der Waals surface area contributed by atoms with Crippen LogP contribution in [0.1, 0.15) is 41.5 Å². The minimum atomic E-state index is -0.435. The molecule has 1 N–H and O–H groups in total. The Hall–Kier alpha value is -2.14. The summed E-state index contributed by atoms with van der Waals surface area (Å²) in [6, 6.07) is 11.2. The maximum absolute atomic E-state index is 11.6. The van der Waals surface area contributed by atoms with E-state index >= 15 is 0 Å². The first-order chi connectivity index (χ1) is 12.6. The van der Waals surface area contributed by atoms with E-state index in [1.54, 1.807) is 10.8 Å². The molecule has 1 heterocycles.